The Bertz CT molecular complexity index is 265. The first-order valence-electron chi connectivity index (χ1n) is 7.16. The smallest absolute Gasteiger partial charge is 0.0656 e. The maximum Gasteiger partial charge on any atom is 0.0656 e. The second kappa shape index (κ2) is 6.37. The van der Waals surface area contributed by atoms with Crippen LogP contribution >= 0.6 is 0 Å². The maximum atomic E-state index is 8.97. The summed E-state index contributed by atoms with van der Waals surface area (Å²) in [6, 6.07) is 3.66. The van der Waals surface area contributed by atoms with E-state index in [1.165, 1.54) is 38.8 Å². The van der Waals surface area contributed by atoms with Crippen LogP contribution in [-0.4, -0.2) is 36.6 Å². The molecule has 1 aliphatic carbocycles. The molecule has 1 heterocycles. The van der Waals surface area contributed by atoms with Crippen LogP contribution < -0.4 is 5.32 Å². The predicted octanol–water partition coefficient (Wildman–Crippen LogP) is 2.14. The number of likely N-dealkylation sites (tertiary alicyclic amines) is 1. The van der Waals surface area contributed by atoms with Gasteiger partial charge >= 0.3 is 0 Å². The van der Waals surface area contributed by atoms with Crippen LogP contribution in [0.3, 0.4) is 0 Å². The first-order valence-corrected chi connectivity index (χ1v) is 7.16. The van der Waals surface area contributed by atoms with Gasteiger partial charge in [-0.1, -0.05) is 6.42 Å². The molecule has 0 spiro atoms. The normalized spacial score (nSPS) is 32.2. The van der Waals surface area contributed by atoms with Crippen molar-refractivity contribution in [2.45, 2.75) is 57.5 Å². The molecular formula is C14H25N3. The summed E-state index contributed by atoms with van der Waals surface area (Å²) in [5, 5.41) is 12.6. The molecule has 3 heteroatoms. The Morgan fingerprint density at radius 2 is 2.06 bits per heavy atom. The van der Waals surface area contributed by atoms with E-state index >= 15 is 0 Å². The number of nitriles is 1. The highest BCUT2D eigenvalue weighted by Crippen LogP contribution is 2.23. The molecule has 1 saturated carbocycles. The second-order valence-corrected chi connectivity index (χ2v) is 5.69. The molecular weight excluding hydrogens is 210 g/mol. The molecule has 3 atom stereocenters. The second-order valence-electron chi connectivity index (χ2n) is 5.69. The van der Waals surface area contributed by atoms with Gasteiger partial charge < -0.3 is 5.32 Å². The van der Waals surface area contributed by atoms with E-state index < -0.39 is 0 Å². The lowest BCUT2D eigenvalue weighted by Crippen LogP contribution is -2.43. The molecule has 1 N–H and O–H groups in total. The zero-order valence-electron chi connectivity index (χ0n) is 11.0. The molecule has 17 heavy (non-hydrogen) atoms. The largest absolute Gasteiger partial charge is 0.312 e. The molecule has 3 unspecified atom stereocenters. The minimum atomic E-state index is 0.295. The van der Waals surface area contributed by atoms with Crippen molar-refractivity contribution in [3.8, 4) is 6.07 Å². The summed E-state index contributed by atoms with van der Waals surface area (Å²) in [6.07, 6.45) is 7.37. The Kier molecular flexibility index (Phi) is 4.82. The van der Waals surface area contributed by atoms with Gasteiger partial charge in [-0.2, -0.15) is 5.26 Å². The minimum Gasteiger partial charge on any atom is -0.312 e. The number of nitrogens with zero attached hydrogens (tertiary/aromatic N) is 2. The fourth-order valence-electron chi connectivity index (χ4n) is 3.14. The topological polar surface area (TPSA) is 39.1 Å². The lowest BCUT2D eigenvalue weighted by atomic mass is 9.86. The van der Waals surface area contributed by atoms with E-state index in [2.05, 4.69) is 23.2 Å². The zero-order chi connectivity index (χ0) is 12.1. The third kappa shape index (κ3) is 3.69. The van der Waals surface area contributed by atoms with Crippen molar-refractivity contribution in [2.24, 2.45) is 5.92 Å². The summed E-state index contributed by atoms with van der Waals surface area (Å²) < 4.78 is 0. The van der Waals surface area contributed by atoms with Gasteiger partial charge in [-0.25, -0.2) is 0 Å². The third-order valence-corrected chi connectivity index (χ3v) is 4.32. The number of nitrogens with one attached hydrogen (secondary N) is 1. The van der Waals surface area contributed by atoms with Crippen LogP contribution in [0.5, 0.6) is 0 Å². The molecule has 3 nitrogen and oxygen atoms in total. The van der Waals surface area contributed by atoms with Crippen molar-refractivity contribution in [3.05, 3.63) is 0 Å². The van der Waals surface area contributed by atoms with E-state index in [1.807, 2.05) is 0 Å². The molecule has 0 radical (unpaired) electrons. The van der Waals surface area contributed by atoms with Crippen LogP contribution in [0.4, 0.5) is 0 Å². The molecule has 96 valence electrons. The number of hydrogen-bond donors (Lipinski definition) is 1. The predicted molar refractivity (Wildman–Crippen MR) is 69.6 cm³/mol. The molecule has 0 aromatic carbocycles. The summed E-state index contributed by atoms with van der Waals surface area (Å²) in [7, 11) is 0. The van der Waals surface area contributed by atoms with Crippen LogP contribution in [0, 0.1) is 17.2 Å². The van der Waals surface area contributed by atoms with Gasteiger partial charge in [0, 0.05) is 24.5 Å². The standard InChI is InChI=1S/C14H25N3/c1-12(17-7-2-3-8-17)11-16-14-6-4-5-13(9-14)10-15/h12-14,16H,2-9,11H2,1H3. The molecule has 0 aromatic heterocycles. The summed E-state index contributed by atoms with van der Waals surface area (Å²) >= 11 is 0. The van der Waals surface area contributed by atoms with Crippen molar-refractivity contribution in [3.63, 3.8) is 0 Å². The van der Waals surface area contributed by atoms with E-state index in [4.69, 9.17) is 5.26 Å². The molecule has 0 bridgehead atoms. The van der Waals surface area contributed by atoms with E-state index in [0.717, 1.165) is 19.4 Å². The average Bonchev–Trinajstić information content (AvgIpc) is 2.90. The molecule has 2 rings (SSSR count). The van der Waals surface area contributed by atoms with Crippen LogP contribution in [0.25, 0.3) is 0 Å². The van der Waals surface area contributed by atoms with Crippen LogP contribution in [0.15, 0.2) is 0 Å². The first-order chi connectivity index (χ1) is 8.29. The fourth-order valence-corrected chi connectivity index (χ4v) is 3.14. The van der Waals surface area contributed by atoms with Crippen molar-refractivity contribution >= 4 is 0 Å². The van der Waals surface area contributed by atoms with Gasteiger partial charge in [0.15, 0.2) is 0 Å². The van der Waals surface area contributed by atoms with E-state index in [9.17, 15) is 0 Å². The first kappa shape index (κ1) is 12.9. The van der Waals surface area contributed by atoms with Gasteiger partial charge in [0.1, 0.15) is 0 Å². The summed E-state index contributed by atoms with van der Waals surface area (Å²) in [5.74, 6) is 0.295. The summed E-state index contributed by atoms with van der Waals surface area (Å²) in [6.45, 7) is 5.95. The minimum absolute atomic E-state index is 0.295. The van der Waals surface area contributed by atoms with Gasteiger partial charge in [0.2, 0.25) is 0 Å². The van der Waals surface area contributed by atoms with Gasteiger partial charge in [-0.15, -0.1) is 0 Å². The monoisotopic (exact) mass is 235 g/mol. The highest BCUT2D eigenvalue weighted by atomic mass is 15.2. The lowest BCUT2D eigenvalue weighted by Gasteiger charge is -2.30. The zero-order valence-corrected chi connectivity index (χ0v) is 11.0. The number of rotatable bonds is 4. The molecule has 1 saturated heterocycles. The highest BCUT2D eigenvalue weighted by Gasteiger charge is 2.23. The number of hydrogen-bond acceptors (Lipinski definition) is 3. The Morgan fingerprint density at radius 1 is 1.29 bits per heavy atom. The maximum absolute atomic E-state index is 8.97. The summed E-state index contributed by atoms with van der Waals surface area (Å²) in [4.78, 5) is 2.58. The van der Waals surface area contributed by atoms with Gasteiger partial charge in [-0.3, -0.25) is 4.90 Å². The van der Waals surface area contributed by atoms with Crippen LogP contribution in [0.1, 0.15) is 45.4 Å². The molecule has 0 amide bonds. The van der Waals surface area contributed by atoms with Crippen molar-refractivity contribution in [1.82, 2.24) is 10.2 Å². The van der Waals surface area contributed by atoms with Gasteiger partial charge in [0.25, 0.3) is 0 Å². The quantitative estimate of drug-likeness (QED) is 0.811. The Balaban J connectivity index is 1.68. The van der Waals surface area contributed by atoms with Crippen molar-refractivity contribution in [1.29, 1.82) is 5.26 Å². The molecule has 2 fully saturated rings. The lowest BCUT2D eigenvalue weighted by molar-refractivity contribution is 0.232. The van der Waals surface area contributed by atoms with E-state index in [1.54, 1.807) is 0 Å². The van der Waals surface area contributed by atoms with E-state index in [-0.39, 0.29) is 0 Å². The Labute approximate surface area is 105 Å². The summed E-state index contributed by atoms with van der Waals surface area (Å²) in [5.41, 5.74) is 0. The fraction of sp³-hybridized carbons (Fsp3) is 0.929. The SMILES string of the molecule is CC(CNC1CCCC(C#N)C1)N1CCCC1. The molecule has 0 aromatic rings. The third-order valence-electron chi connectivity index (χ3n) is 4.32. The Morgan fingerprint density at radius 3 is 2.76 bits per heavy atom. The van der Waals surface area contributed by atoms with Gasteiger partial charge in [0.05, 0.1) is 6.07 Å². The van der Waals surface area contributed by atoms with E-state index in [0.29, 0.717) is 18.0 Å². The molecule has 2 aliphatic rings. The van der Waals surface area contributed by atoms with Crippen molar-refractivity contribution < 1.29 is 0 Å². The Hall–Kier alpha value is -0.590. The van der Waals surface area contributed by atoms with Crippen LogP contribution in [-0.2, 0) is 0 Å². The van der Waals surface area contributed by atoms with Gasteiger partial charge in [-0.05, 0) is 52.1 Å². The average molecular weight is 235 g/mol. The highest BCUT2D eigenvalue weighted by molar-refractivity contribution is 4.90. The van der Waals surface area contributed by atoms with Crippen molar-refractivity contribution in [2.75, 3.05) is 19.6 Å². The molecule has 1 aliphatic heterocycles. The van der Waals surface area contributed by atoms with Crippen LogP contribution in [0.2, 0.25) is 0 Å².